The van der Waals surface area contributed by atoms with Crippen LogP contribution in [0.1, 0.15) is 33.0 Å². The molecule has 0 spiro atoms. The molecule has 1 aromatic heterocycles. The van der Waals surface area contributed by atoms with Crippen LogP contribution in [-0.2, 0) is 17.7 Å². The predicted octanol–water partition coefficient (Wildman–Crippen LogP) is 0.702. The molecule has 0 amide bonds. The first-order valence-electron chi connectivity index (χ1n) is 7.49. The smallest absolute Gasteiger partial charge is 0.138 e. The molecule has 2 heterocycles. The molecule has 2 atom stereocenters. The summed E-state index contributed by atoms with van der Waals surface area (Å²) in [6.45, 7) is 10.3. The van der Waals surface area contributed by atoms with Gasteiger partial charge >= 0.3 is 0 Å². The van der Waals surface area contributed by atoms with Crippen molar-refractivity contribution in [2.75, 3.05) is 26.3 Å². The van der Waals surface area contributed by atoms with Crippen LogP contribution in [0.15, 0.2) is 6.33 Å². The van der Waals surface area contributed by atoms with Gasteiger partial charge in [0, 0.05) is 31.6 Å². The van der Waals surface area contributed by atoms with Crippen LogP contribution in [0.2, 0.25) is 0 Å². The molecular weight excluding hydrogens is 256 g/mol. The molecule has 0 radical (unpaired) electrons. The van der Waals surface area contributed by atoms with E-state index in [0.29, 0.717) is 6.42 Å². The van der Waals surface area contributed by atoms with Crippen LogP contribution < -0.4 is 0 Å². The first-order valence-corrected chi connectivity index (χ1v) is 7.49. The monoisotopic (exact) mass is 282 g/mol. The van der Waals surface area contributed by atoms with Crippen LogP contribution in [0.4, 0.5) is 0 Å². The van der Waals surface area contributed by atoms with E-state index in [0.717, 1.165) is 45.1 Å². The third-order valence-corrected chi connectivity index (χ3v) is 4.54. The van der Waals surface area contributed by atoms with Gasteiger partial charge in [0.25, 0.3) is 0 Å². The summed E-state index contributed by atoms with van der Waals surface area (Å²) in [6.07, 6.45) is 2.54. The number of rotatable bonds is 6. The zero-order chi connectivity index (χ0) is 14.6. The number of aryl methyl sites for hydroxylation is 1. The van der Waals surface area contributed by atoms with Gasteiger partial charge in [-0.15, -0.1) is 0 Å². The number of hydrogen-bond acceptors (Lipinski definition) is 5. The number of hydrogen-bond donors (Lipinski definition) is 1. The zero-order valence-corrected chi connectivity index (χ0v) is 12.7. The van der Waals surface area contributed by atoms with Gasteiger partial charge in [0.2, 0.25) is 0 Å². The van der Waals surface area contributed by atoms with E-state index in [-0.39, 0.29) is 5.54 Å². The highest BCUT2D eigenvalue weighted by molar-refractivity contribution is 4.99. The lowest BCUT2D eigenvalue weighted by molar-refractivity contribution is -0.0721. The van der Waals surface area contributed by atoms with E-state index in [9.17, 15) is 5.11 Å². The van der Waals surface area contributed by atoms with Crippen molar-refractivity contribution < 1.29 is 9.84 Å². The number of aliphatic hydroxyl groups excluding tert-OH is 1. The molecule has 1 fully saturated rings. The fourth-order valence-corrected chi connectivity index (χ4v) is 2.85. The molecular formula is C14H26N4O2. The van der Waals surface area contributed by atoms with E-state index in [1.54, 1.807) is 6.33 Å². The molecule has 1 N–H and O–H groups in total. The first-order chi connectivity index (χ1) is 9.61. The number of ether oxygens (including phenoxy) is 1. The highest BCUT2D eigenvalue weighted by atomic mass is 16.5. The van der Waals surface area contributed by atoms with Crippen LogP contribution >= 0.6 is 0 Å². The van der Waals surface area contributed by atoms with E-state index in [1.165, 1.54) is 0 Å². The van der Waals surface area contributed by atoms with E-state index in [1.807, 2.05) is 11.6 Å². The molecule has 6 nitrogen and oxygen atoms in total. The maximum Gasteiger partial charge on any atom is 0.138 e. The summed E-state index contributed by atoms with van der Waals surface area (Å²) in [7, 11) is 0. The summed E-state index contributed by atoms with van der Waals surface area (Å²) in [5.74, 6) is 0.855. The Hall–Kier alpha value is -0.980. The Labute approximate surface area is 120 Å². The second kappa shape index (κ2) is 6.65. The van der Waals surface area contributed by atoms with Gasteiger partial charge in [-0.05, 0) is 20.3 Å². The van der Waals surface area contributed by atoms with Gasteiger partial charge in [-0.2, -0.15) is 5.10 Å². The number of aliphatic hydroxyl groups is 1. The van der Waals surface area contributed by atoms with Crippen molar-refractivity contribution >= 4 is 0 Å². The average molecular weight is 282 g/mol. The van der Waals surface area contributed by atoms with Crippen LogP contribution in [-0.4, -0.2) is 62.7 Å². The van der Waals surface area contributed by atoms with Crippen molar-refractivity contribution in [3.8, 4) is 0 Å². The fourth-order valence-electron chi connectivity index (χ4n) is 2.85. The van der Waals surface area contributed by atoms with Crippen molar-refractivity contribution in [2.24, 2.45) is 0 Å². The molecule has 114 valence electrons. The van der Waals surface area contributed by atoms with Crippen LogP contribution in [0.25, 0.3) is 0 Å². The number of aromatic nitrogens is 3. The Bertz CT molecular complexity index is 417. The summed E-state index contributed by atoms with van der Waals surface area (Å²) in [4.78, 5) is 6.61. The summed E-state index contributed by atoms with van der Waals surface area (Å²) >= 11 is 0. The highest BCUT2D eigenvalue weighted by Gasteiger charge is 2.38. The minimum absolute atomic E-state index is 0.242. The van der Waals surface area contributed by atoms with Gasteiger partial charge in [-0.1, -0.05) is 6.92 Å². The molecule has 2 unspecified atom stereocenters. The van der Waals surface area contributed by atoms with Crippen molar-refractivity contribution in [3.05, 3.63) is 12.2 Å². The third kappa shape index (κ3) is 3.02. The molecule has 20 heavy (non-hydrogen) atoms. The average Bonchev–Trinajstić information content (AvgIpc) is 2.94. The zero-order valence-electron chi connectivity index (χ0n) is 12.7. The van der Waals surface area contributed by atoms with E-state index < -0.39 is 6.10 Å². The first kappa shape index (κ1) is 15.4. The summed E-state index contributed by atoms with van der Waals surface area (Å²) < 4.78 is 7.26. The lowest BCUT2D eigenvalue weighted by Crippen LogP contribution is -2.58. The minimum atomic E-state index is -0.458. The Morgan fingerprint density at radius 1 is 1.40 bits per heavy atom. The van der Waals surface area contributed by atoms with Gasteiger partial charge in [0.1, 0.15) is 12.2 Å². The Morgan fingerprint density at radius 2 is 2.10 bits per heavy atom. The number of morpholine rings is 1. The minimum Gasteiger partial charge on any atom is -0.391 e. The molecule has 2 rings (SSSR count). The SMILES string of the molecule is CCn1ncnc1CC(O)C(C)(CC)N1CCOCC1. The molecule has 1 aliphatic heterocycles. The molecule has 1 saturated heterocycles. The lowest BCUT2D eigenvalue weighted by Gasteiger charge is -2.45. The Morgan fingerprint density at radius 3 is 2.70 bits per heavy atom. The van der Waals surface area contributed by atoms with Crippen LogP contribution in [0.3, 0.4) is 0 Å². The molecule has 0 aromatic carbocycles. The predicted molar refractivity (Wildman–Crippen MR) is 76.5 cm³/mol. The maximum absolute atomic E-state index is 10.7. The second-order valence-electron chi connectivity index (χ2n) is 5.52. The second-order valence-corrected chi connectivity index (χ2v) is 5.52. The topological polar surface area (TPSA) is 63.4 Å². The summed E-state index contributed by atoms with van der Waals surface area (Å²) in [6, 6.07) is 0. The van der Waals surface area contributed by atoms with Crippen molar-refractivity contribution in [1.82, 2.24) is 19.7 Å². The standard InChI is InChI=1S/C14H26N4O2/c1-4-14(3,17-6-8-20-9-7-17)12(19)10-13-15-11-16-18(13)5-2/h11-12,19H,4-10H2,1-3H3. The summed E-state index contributed by atoms with van der Waals surface area (Å²) in [5.41, 5.74) is -0.242. The molecule has 0 bridgehead atoms. The van der Waals surface area contributed by atoms with Gasteiger partial charge in [-0.3, -0.25) is 9.58 Å². The van der Waals surface area contributed by atoms with Crippen molar-refractivity contribution in [1.29, 1.82) is 0 Å². The van der Waals surface area contributed by atoms with E-state index >= 15 is 0 Å². The van der Waals surface area contributed by atoms with Crippen molar-refractivity contribution in [3.63, 3.8) is 0 Å². The summed E-state index contributed by atoms with van der Waals surface area (Å²) in [5, 5.41) is 14.9. The normalized spacial score (nSPS) is 21.6. The molecule has 0 aliphatic carbocycles. The molecule has 1 aliphatic rings. The Balaban J connectivity index is 2.09. The van der Waals surface area contributed by atoms with E-state index in [4.69, 9.17) is 4.74 Å². The largest absolute Gasteiger partial charge is 0.391 e. The third-order valence-electron chi connectivity index (χ3n) is 4.54. The van der Waals surface area contributed by atoms with E-state index in [2.05, 4.69) is 28.8 Å². The molecule has 1 aromatic rings. The molecule has 0 saturated carbocycles. The van der Waals surface area contributed by atoms with Gasteiger partial charge in [-0.25, -0.2) is 4.98 Å². The van der Waals surface area contributed by atoms with Gasteiger partial charge in [0.05, 0.1) is 19.3 Å². The van der Waals surface area contributed by atoms with Crippen LogP contribution in [0, 0.1) is 0 Å². The van der Waals surface area contributed by atoms with Gasteiger partial charge in [0.15, 0.2) is 0 Å². The van der Waals surface area contributed by atoms with Crippen molar-refractivity contribution in [2.45, 2.75) is 51.8 Å². The quantitative estimate of drug-likeness (QED) is 0.832. The van der Waals surface area contributed by atoms with Crippen LogP contribution in [0.5, 0.6) is 0 Å². The Kier molecular flexibility index (Phi) is 5.12. The highest BCUT2D eigenvalue weighted by Crippen LogP contribution is 2.26. The molecule has 6 heteroatoms. The lowest BCUT2D eigenvalue weighted by atomic mass is 9.87. The maximum atomic E-state index is 10.7. The van der Waals surface area contributed by atoms with Gasteiger partial charge < -0.3 is 9.84 Å². The number of nitrogens with zero attached hydrogens (tertiary/aromatic N) is 4. The fraction of sp³-hybridized carbons (Fsp3) is 0.857.